The number of piperidine rings is 2. The number of benzene rings is 2. The van der Waals surface area contributed by atoms with E-state index in [1.165, 1.54) is 55.2 Å². The third-order valence-electron chi connectivity index (χ3n) is 25.3. The molecule has 0 amide bonds. The van der Waals surface area contributed by atoms with Crippen molar-refractivity contribution in [1.82, 2.24) is 36.1 Å². The van der Waals surface area contributed by atoms with Crippen molar-refractivity contribution in [2.75, 3.05) is 122 Å². The minimum atomic E-state index is -3.66. The highest BCUT2D eigenvalue weighted by Gasteiger charge is 2.54. The molecule has 134 heavy (non-hydrogen) atoms. The van der Waals surface area contributed by atoms with Crippen LogP contribution in [0.5, 0.6) is 0 Å². The molecule has 16 rings (SSSR count). The SMILES string of the molecule is CC(C)CCN[C@H]1CS(=O)(=O)C[C@@H]1S(=O)(=O)c1cccs1.COCCN[C@H]1CS(=O)(=O)C[C@@H]1S(=O)(=O)c1cccs1.C[C@@H]1C[C@H](C)CN([C@H]2CS(=O)(=O)C[C@@H]2S(=O)(=O)c2ccccc2)C1.C[C@@H]1C[C@H](C)CN([C@H]2CS(=O)(=O)C[C@@H]2S(=O)(=O)c2cccs2)C1.O=S1(=O)C[C@H](NC2CCCCC2)[C@@H](S(=O)(=O)c2ccccc2)C1.O=S1(=O)C[C@H](NCc2ccncc2)[C@@H](S(=O)(=O)c2cccs2)C1. The number of nitrogens with one attached hydrogen (secondary N) is 4. The van der Waals surface area contributed by atoms with Crippen LogP contribution in [0.3, 0.4) is 0 Å². The zero-order chi connectivity index (χ0) is 97.8. The maximum Gasteiger partial charge on any atom is 0.193 e. The Morgan fingerprint density at radius 1 is 0.373 bits per heavy atom. The number of rotatable bonds is 27. The van der Waals surface area contributed by atoms with E-state index in [0.29, 0.717) is 55.8 Å². The van der Waals surface area contributed by atoms with E-state index in [-0.39, 0.29) is 102 Å². The van der Waals surface area contributed by atoms with Gasteiger partial charge in [-0.2, -0.15) is 0 Å². The molecule has 16 atom stereocenters. The number of hydrogen-bond donors (Lipinski definition) is 4. The third kappa shape index (κ3) is 29.4. The minimum absolute atomic E-state index is 0.0400. The van der Waals surface area contributed by atoms with Gasteiger partial charge in [0.1, 0.15) is 16.8 Å². The van der Waals surface area contributed by atoms with Crippen molar-refractivity contribution < 1.29 is 106 Å². The molecule has 1 aliphatic carbocycles. The highest BCUT2D eigenvalue weighted by Crippen LogP contribution is 2.39. The smallest absolute Gasteiger partial charge is 0.193 e. The van der Waals surface area contributed by atoms with Gasteiger partial charge in [0.2, 0.25) is 0 Å². The van der Waals surface area contributed by atoms with Gasteiger partial charge in [-0.25, -0.2) is 101 Å². The lowest BCUT2D eigenvalue weighted by molar-refractivity contribution is 0.107. The molecule has 1 saturated carbocycles. The lowest BCUT2D eigenvalue weighted by Crippen LogP contribution is -2.51. The second-order valence-corrected chi connectivity index (χ2v) is 67.6. The minimum Gasteiger partial charge on any atom is -0.383 e. The van der Waals surface area contributed by atoms with Crippen molar-refractivity contribution in [3.63, 3.8) is 0 Å². The zero-order valence-corrected chi connectivity index (χ0v) is 88.8. The Morgan fingerprint density at radius 3 is 1.04 bits per heavy atom. The zero-order valence-electron chi connectivity index (χ0n) is 75.8. The molecule has 0 bridgehead atoms. The molecule has 5 aromatic heterocycles. The Morgan fingerprint density at radius 2 is 0.687 bits per heavy atom. The van der Waals surface area contributed by atoms with Gasteiger partial charge in [-0.05, 0) is 156 Å². The molecule has 32 nitrogen and oxygen atoms in total. The van der Waals surface area contributed by atoms with Crippen molar-refractivity contribution in [1.29, 1.82) is 0 Å². The van der Waals surface area contributed by atoms with Crippen LogP contribution in [0.25, 0.3) is 0 Å². The fraction of sp³-hybridized carbons (Fsp3) is 0.616. The van der Waals surface area contributed by atoms with E-state index in [1.807, 2.05) is 0 Å². The van der Waals surface area contributed by atoms with Crippen molar-refractivity contribution >= 4 is 163 Å². The topological polar surface area (TPSA) is 486 Å². The Kier molecular flexibility index (Phi) is 37.9. The van der Waals surface area contributed by atoms with Crippen molar-refractivity contribution in [3.05, 3.63) is 161 Å². The maximum absolute atomic E-state index is 13.0. The van der Waals surface area contributed by atoms with Crippen LogP contribution in [0.15, 0.2) is 182 Å². The summed E-state index contributed by atoms with van der Waals surface area (Å²) in [5, 5.41) is 13.9. The van der Waals surface area contributed by atoms with Crippen LogP contribution in [0, 0.1) is 29.6 Å². The number of hydrogen-bond acceptors (Lipinski definition) is 36. The summed E-state index contributed by atoms with van der Waals surface area (Å²) < 4.78 is 303. The molecule has 2 aromatic carbocycles. The Hall–Kier alpha value is -4.49. The summed E-state index contributed by atoms with van der Waals surface area (Å²) in [6.07, 6.45) is 11.8. The van der Waals surface area contributed by atoms with Crippen LogP contribution >= 0.6 is 45.3 Å². The van der Waals surface area contributed by atoms with Gasteiger partial charge < -0.3 is 26.0 Å². The van der Waals surface area contributed by atoms with Crippen molar-refractivity contribution in [2.45, 2.75) is 200 Å². The van der Waals surface area contributed by atoms with E-state index in [9.17, 15) is 101 Å². The van der Waals surface area contributed by atoms with Gasteiger partial charge in [0, 0.05) is 101 Å². The first-order valence-corrected chi connectivity index (χ1v) is 68.2. The Labute approximate surface area is 809 Å². The van der Waals surface area contributed by atoms with E-state index < -0.39 is 186 Å². The van der Waals surface area contributed by atoms with Crippen LogP contribution in [-0.4, -0.2) is 312 Å². The summed E-state index contributed by atoms with van der Waals surface area (Å²) in [4.78, 5) is 8.56. The molecular weight excluding hydrogens is 2040 g/mol. The lowest BCUT2D eigenvalue weighted by atomic mass is 9.90. The monoisotopic (exact) mass is 2170 g/mol. The van der Waals surface area contributed by atoms with Gasteiger partial charge in [0.05, 0.1) is 117 Å². The molecule has 0 unspecified atom stereocenters. The number of sulfone groups is 12. The molecule has 48 heteroatoms. The van der Waals surface area contributed by atoms with Gasteiger partial charge in [0.25, 0.3) is 0 Å². The second kappa shape index (κ2) is 46.3. The Balaban J connectivity index is 0.000000155. The van der Waals surface area contributed by atoms with E-state index in [4.69, 9.17) is 4.74 Å². The molecular formula is C86H125N7O25S16. The highest BCUT2D eigenvalue weighted by molar-refractivity contribution is 8.00. The average molecular weight is 2170 g/mol. The predicted octanol–water partition coefficient (Wildman–Crippen LogP) is 6.94. The van der Waals surface area contributed by atoms with Crippen LogP contribution < -0.4 is 21.3 Å². The molecule has 7 aromatic rings. The summed E-state index contributed by atoms with van der Waals surface area (Å²) in [6.45, 7) is 17.7. The quantitative estimate of drug-likeness (QED) is 0.0379. The third-order valence-corrected chi connectivity index (χ3v) is 55.9. The van der Waals surface area contributed by atoms with Gasteiger partial charge >= 0.3 is 0 Å². The number of methoxy groups -OCH3 is 1. The molecule has 8 aliphatic heterocycles. The van der Waals surface area contributed by atoms with E-state index in [1.54, 1.807) is 125 Å². The molecule has 8 saturated heterocycles. The van der Waals surface area contributed by atoms with Crippen LogP contribution in [0.1, 0.15) is 98.5 Å². The summed E-state index contributed by atoms with van der Waals surface area (Å²) in [7, 11) is -40.2. The average Bonchev–Trinajstić information content (AvgIpc) is 1.61. The van der Waals surface area contributed by atoms with Crippen LogP contribution in [0.2, 0.25) is 0 Å². The molecule has 750 valence electrons. The summed E-state index contributed by atoms with van der Waals surface area (Å²) >= 11 is 4.53. The van der Waals surface area contributed by atoms with Gasteiger partial charge in [-0.1, -0.05) is 121 Å². The number of thiophene rings is 4. The summed E-state index contributed by atoms with van der Waals surface area (Å²) in [5.74, 6) is 0.00706. The molecule has 9 aliphatic rings. The van der Waals surface area contributed by atoms with Gasteiger partial charge in [-0.15, -0.1) is 45.3 Å². The molecule has 0 radical (unpaired) electrons. The molecule has 0 spiro atoms. The van der Waals surface area contributed by atoms with E-state index >= 15 is 0 Å². The normalized spacial score (nSPS) is 29.1. The summed E-state index contributed by atoms with van der Waals surface area (Å²) in [6, 6.07) is 30.0. The molecule has 4 N–H and O–H groups in total. The molecule has 13 heterocycles. The van der Waals surface area contributed by atoms with Crippen LogP contribution in [0.4, 0.5) is 0 Å². The number of nitrogens with zero attached hydrogens (tertiary/aromatic N) is 3. The lowest BCUT2D eigenvalue weighted by Gasteiger charge is -2.40. The molecule has 9 fully saturated rings. The number of ether oxygens (including phenoxy) is 1. The Bertz CT molecular complexity index is 6450. The van der Waals surface area contributed by atoms with Gasteiger partial charge in [0.15, 0.2) is 118 Å². The predicted molar refractivity (Wildman–Crippen MR) is 528 cm³/mol. The first kappa shape index (κ1) is 110. The summed E-state index contributed by atoms with van der Waals surface area (Å²) in [5.41, 5.74) is 0.927. The van der Waals surface area contributed by atoms with Crippen molar-refractivity contribution in [3.8, 4) is 0 Å². The largest absolute Gasteiger partial charge is 0.383 e. The standard InChI is InChI=1S/C17H25NO4S2.C16H23NO4S2.C15H23NO4S3.C14H16N2O4S3.C13H21NO4S3.C11H17NO5S3/c1-13-8-14(2)10-18(9-13)16-11-23(19,20)12-17(16)24(21,22)15-6-4-3-5-7-15;18-22(19)11-15(17-13-7-3-1-4-8-13)16(12-22)23(20,21)14-9-5-2-6-10-14;1-11-6-12(2)8-16(7-11)13-9-22(17,18)10-14(13)23(19,20)15-4-3-5-21-15;17-22(18)9-12(16-8-11-3-5-15-6-4-11)13(10-22)23(19,20)14-2-1-7-21-14;1-10(2)5-6-14-11-8-20(15,16)9-12(11)21(17,18)13-4-3-7-19-13;1-17-5-4-12-9-7-19(13,14)8-10(9)20(15,16)11-3-2-6-18-11/h3-7,13-14,16-17H,8-12H2,1-2H3;2,5-6,9-10,13,15-17H,1,3-4,7-8,11-12H2;3-5,11-14H,6-10H2,1-2H3;1-7,12-13,16H,8-10H2;3-4,7,10-12,14H,5-6,8-9H2,1-2H3;2-3,6,9-10,12H,4-5,7-8H2,1H3/t13-,14+,16-,17-;15-,16-;11-,12+,13-,14-;12-,13-;11-,12-;9-,10-/m000000/s1. The van der Waals surface area contributed by atoms with Crippen LogP contribution in [-0.2, 0) is 129 Å². The maximum atomic E-state index is 13.0. The number of likely N-dealkylation sites (tertiary alicyclic amines) is 2. The fourth-order valence-corrected chi connectivity index (χ4v) is 52.6. The highest BCUT2D eigenvalue weighted by atomic mass is 32.3. The first-order chi connectivity index (χ1) is 62.7. The number of aromatic nitrogens is 1. The fourth-order valence-electron chi connectivity index (χ4n) is 19.1. The van der Waals surface area contributed by atoms with E-state index in [2.05, 4.69) is 77.6 Å². The van der Waals surface area contributed by atoms with E-state index in [0.717, 1.165) is 111 Å². The first-order valence-electron chi connectivity index (χ1n) is 44.5. The second-order valence-electron chi connectivity index (χ2n) is 37.0. The van der Waals surface area contributed by atoms with Crippen molar-refractivity contribution in [2.24, 2.45) is 29.6 Å². The number of pyridine rings is 1. The van der Waals surface area contributed by atoms with Gasteiger partial charge in [-0.3, -0.25) is 14.8 Å².